The van der Waals surface area contributed by atoms with Crippen LogP contribution in [-0.4, -0.2) is 27.6 Å². The average molecular weight is 319 g/mol. The Morgan fingerprint density at radius 3 is 2.81 bits per heavy atom. The highest BCUT2D eigenvalue weighted by Gasteiger charge is 2.37. The lowest BCUT2D eigenvalue weighted by Crippen LogP contribution is -2.26. The molecule has 3 rings (SSSR count). The van der Waals surface area contributed by atoms with Crippen LogP contribution in [0.5, 0.6) is 0 Å². The number of fused-ring (bicyclic) bond motifs is 1. The summed E-state index contributed by atoms with van der Waals surface area (Å²) in [6.07, 6.45) is 0. The summed E-state index contributed by atoms with van der Waals surface area (Å²) in [5, 5.41) is 10.7. The molecule has 0 unspecified atom stereocenters. The molecule has 1 aliphatic heterocycles. The molecule has 1 N–H and O–H groups in total. The first kappa shape index (κ1) is 14.2. The van der Waals surface area contributed by atoms with E-state index in [4.69, 9.17) is 5.11 Å². The lowest BCUT2D eigenvalue weighted by atomic mass is 10.1. The number of benzene rings is 1. The molecule has 0 aliphatic carbocycles. The number of aliphatic carboxylic acids is 1. The molecule has 0 bridgehead atoms. The molecule has 0 saturated carbocycles. The van der Waals surface area contributed by atoms with Crippen LogP contribution in [0.25, 0.3) is 0 Å². The molecule has 2 heterocycles. The fourth-order valence-corrected chi connectivity index (χ4v) is 4.13. The van der Waals surface area contributed by atoms with Crippen LogP contribution in [0.15, 0.2) is 41.8 Å². The van der Waals surface area contributed by atoms with Crippen molar-refractivity contribution in [2.24, 2.45) is 0 Å². The van der Waals surface area contributed by atoms with Crippen LogP contribution in [0, 0.1) is 0 Å². The van der Waals surface area contributed by atoms with Crippen molar-refractivity contribution in [3.05, 3.63) is 57.8 Å². The second-order valence-electron chi connectivity index (χ2n) is 4.66. The van der Waals surface area contributed by atoms with Gasteiger partial charge in [-0.3, -0.25) is 9.59 Å². The highest BCUT2D eigenvalue weighted by atomic mass is 32.2. The summed E-state index contributed by atoms with van der Waals surface area (Å²) >= 11 is 2.88. The summed E-state index contributed by atoms with van der Waals surface area (Å²) in [5.41, 5.74) is 1.59. The van der Waals surface area contributed by atoms with Crippen LogP contribution >= 0.6 is 23.1 Å². The van der Waals surface area contributed by atoms with E-state index in [1.807, 2.05) is 35.7 Å². The molecule has 108 valence electrons. The van der Waals surface area contributed by atoms with Gasteiger partial charge in [-0.15, -0.1) is 23.1 Å². The standard InChI is InChI=1S/C15H13NO3S2/c17-13(18)9-21-15-12-6-2-1-5-11(12)14(19)16(15)8-10-4-3-7-20-10/h1-7,15H,8-9H2,(H,17,18)/t15-/m0/s1. The summed E-state index contributed by atoms with van der Waals surface area (Å²) < 4.78 is 0. The van der Waals surface area contributed by atoms with Crippen LogP contribution in [0.3, 0.4) is 0 Å². The number of amides is 1. The van der Waals surface area contributed by atoms with E-state index in [1.165, 1.54) is 11.8 Å². The summed E-state index contributed by atoms with van der Waals surface area (Å²) in [6.45, 7) is 0.516. The first-order valence-electron chi connectivity index (χ1n) is 6.42. The van der Waals surface area contributed by atoms with Crippen molar-refractivity contribution in [2.75, 3.05) is 5.75 Å². The second kappa shape index (κ2) is 5.91. The lowest BCUT2D eigenvalue weighted by molar-refractivity contribution is -0.133. The number of thioether (sulfide) groups is 1. The van der Waals surface area contributed by atoms with Crippen molar-refractivity contribution < 1.29 is 14.7 Å². The highest BCUT2D eigenvalue weighted by Crippen LogP contribution is 2.42. The molecule has 1 aromatic heterocycles. The van der Waals surface area contributed by atoms with E-state index < -0.39 is 5.97 Å². The zero-order chi connectivity index (χ0) is 14.8. The van der Waals surface area contributed by atoms with Gasteiger partial charge in [0.25, 0.3) is 5.91 Å². The topological polar surface area (TPSA) is 57.6 Å². The van der Waals surface area contributed by atoms with E-state index in [0.717, 1.165) is 10.4 Å². The summed E-state index contributed by atoms with van der Waals surface area (Å²) in [4.78, 5) is 26.2. The lowest BCUT2D eigenvalue weighted by Gasteiger charge is -2.23. The van der Waals surface area contributed by atoms with Gasteiger partial charge in [0, 0.05) is 10.4 Å². The molecule has 1 aliphatic rings. The third kappa shape index (κ3) is 2.82. The number of rotatable bonds is 5. The third-order valence-electron chi connectivity index (χ3n) is 3.27. The predicted octanol–water partition coefficient (Wildman–Crippen LogP) is 3.22. The Kier molecular flexibility index (Phi) is 3.98. The molecular formula is C15H13NO3S2. The van der Waals surface area contributed by atoms with Crippen molar-refractivity contribution in [1.82, 2.24) is 4.90 Å². The van der Waals surface area contributed by atoms with Gasteiger partial charge in [-0.1, -0.05) is 24.3 Å². The van der Waals surface area contributed by atoms with E-state index in [1.54, 1.807) is 22.3 Å². The molecule has 1 aromatic carbocycles. The molecule has 6 heteroatoms. The van der Waals surface area contributed by atoms with Gasteiger partial charge in [0.2, 0.25) is 0 Å². The van der Waals surface area contributed by atoms with Gasteiger partial charge in [0.1, 0.15) is 5.37 Å². The molecular weight excluding hydrogens is 306 g/mol. The molecule has 1 atom stereocenters. The van der Waals surface area contributed by atoms with Gasteiger partial charge < -0.3 is 10.0 Å². The first-order valence-corrected chi connectivity index (χ1v) is 8.35. The van der Waals surface area contributed by atoms with Crippen molar-refractivity contribution in [1.29, 1.82) is 0 Å². The Morgan fingerprint density at radius 1 is 1.29 bits per heavy atom. The van der Waals surface area contributed by atoms with Gasteiger partial charge in [0.05, 0.1) is 12.3 Å². The number of carboxylic acids is 1. The average Bonchev–Trinajstić information content (AvgIpc) is 3.06. The summed E-state index contributed by atoms with van der Waals surface area (Å²) in [5.74, 6) is -0.914. The SMILES string of the molecule is O=C(O)CS[C@H]1c2ccccc2C(=O)N1Cc1cccs1. The van der Waals surface area contributed by atoms with E-state index in [-0.39, 0.29) is 17.0 Å². The minimum atomic E-state index is -0.868. The van der Waals surface area contributed by atoms with E-state index >= 15 is 0 Å². The normalized spacial score (nSPS) is 17.0. The van der Waals surface area contributed by atoms with Crippen LogP contribution < -0.4 is 0 Å². The van der Waals surface area contributed by atoms with Crippen LogP contribution in [0.1, 0.15) is 26.2 Å². The van der Waals surface area contributed by atoms with Crippen molar-refractivity contribution in [2.45, 2.75) is 11.9 Å². The number of carbonyl (C=O) groups is 2. The maximum absolute atomic E-state index is 12.5. The Morgan fingerprint density at radius 2 is 2.10 bits per heavy atom. The fourth-order valence-electron chi connectivity index (χ4n) is 2.39. The molecule has 21 heavy (non-hydrogen) atoms. The van der Waals surface area contributed by atoms with Gasteiger partial charge in [-0.05, 0) is 23.1 Å². The molecule has 1 amide bonds. The van der Waals surface area contributed by atoms with Crippen LogP contribution in [0.2, 0.25) is 0 Å². The van der Waals surface area contributed by atoms with Crippen molar-refractivity contribution in [3.8, 4) is 0 Å². The van der Waals surface area contributed by atoms with Crippen molar-refractivity contribution in [3.63, 3.8) is 0 Å². The molecule has 0 fully saturated rings. The fraction of sp³-hybridized carbons (Fsp3) is 0.200. The molecule has 2 aromatic rings. The van der Waals surface area contributed by atoms with Gasteiger partial charge in [0.15, 0.2) is 0 Å². The van der Waals surface area contributed by atoms with Crippen LogP contribution in [0.4, 0.5) is 0 Å². The summed E-state index contributed by atoms with van der Waals surface area (Å²) in [7, 11) is 0. The largest absolute Gasteiger partial charge is 0.481 e. The quantitative estimate of drug-likeness (QED) is 0.919. The zero-order valence-corrected chi connectivity index (χ0v) is 12.7. The van der Waals surface area contributed by atoms with Crippen LogP contribution in [-0.2, 0) is 11.3 Å². The Balaban J connectivity index is 1.90. The Bertz CT molecular complexity index is 669. The van der Waals surface area contributed by atoms with Gasteiger partial charge in [-0.2, -0.15) is 0 Å². The van der Waals surface area contributed by atoms with Crippen molar-refractivity contribution >= 4 is 35.0 Å². The molecule has 0 spiro atoms. The smallest absolute Gasteiger partial charge is 0.313 e. The maximum Gasteiger partial charge on any atom is 0.313 e. The zero-order valence-electron chi connectivity index (χ0n) is 11.1. The number of nitrogens with zero attached hydrogens (tertiary/aromatic N) is 1. The minimum absolute atomic E-state index is 0.0206. The number of hydrogen-bond donors (Lipinski definition) is 1. The van der Waals surface area contributed by atoms with Gasteiger partial charge >= 0.3 is 5.97 Å². The van der Waals surface area contributed by atoms with E-state index in [0.29, 0.717) is 12.1 Å². The number of carbonyl (C=O) groups excluding carboxylic acids is 1. The number of carboxylic acid groups (broad SMARTS) is 1. The maximum atomic E-state index is 12.5. The van der Waals surface area contributed by atoms with E-state index in [2.05, 4.69) is 0 Å². The molecule has 0 radical (unpaired) electrons. The second-order valence-corrected chi connectivity index (χ2v) is 6.76. The first-order chi connectivity index (χ1) is 10.2. The number of thiophene rings is 1. The monoisotopic (exact) mass is 319 g/mol. The molecule has 4 nitrogen and oxygen atoms in total. The predicted molar refractivity (Wildman–Crippen MR) is 83.5 cm³/mol. The summed E-state index contributed by atoms with van der Waals surface area (Å²) in [6, 6.07) is 11.4. The Labute approximate surface area is 130 Å². The number of hydrogen-bond acceptors (Lipinski definition) is 4. The Hall–Kier alpha value is -1.79. The molecule has 0 saturated heterocycles. The van der Waals surface area contributed by atoms with Gasteiger partial charge in [-0.25, -0.2) is 0 Å². The highest BCUT2D eigenvalue weighted by molar-refractivity contribution is 8.00. The minimum Gasteiger partial charge on any atom is -0.481 e. The third-order valence-corrected chi connectivity index (χ3v) is 5.37. The van der Waals surface area contributed by atoms with E-state index in [9.17, 15) is 9.59 Å².